The number of nitrogens with zero attached hydrogens (tertiary/aromatic N) is 4. The normalized spacial score (nSPS) is 16.0. The minimum absolute atomic E-state index is 0.264. The second-order valence-corrected chi connectivity index (χ2v) is 7.27. The molecule has 1 aliphatic rings. The number of hydrogen-bond acceptors (Lipinski definition) is 7. The van der Waals surface area contributed by atoms with Gasteiger partial charge in [-0.05, 0) is 20.8 Å². The summed E-state index contributed by atoms with van der Waals surface area (Å²) >= 11 is 1.58. The molecule has 1 amide bonds. The van der Waals surface area contributed by atoms with Crippen LogP contribution in [-0.4, -0.2) is 52.7 Å². The van der Waals surface area contributed by atoms with E-state index in [0.29, 0.717) is 26.2 Å². The lowest BCUT2D eigenvalue weighted by Gasteiger charge is -2.36. The summed E-state index contributed by atoms with van der Waals surface area (Å²) in [6.45, 7) is 8.21. The van der Waals surface area contributed by atoms with E-state index in [2.05, 4.69) is 14.9 Å². The van der Waals surface area contributed by atoms with Gasteiger partial charge < -0.3 is 20.3 Å². The van der Waals surface area contributed by atoms with Crippen molar-refractivity contribution in [3.8, 4) is 0 Å². The molecule has 2 aromatic rings. The van der Waals surface area contributed by atoms with E-state index in [1.807, 2.05) is 31.5 Å². The highest BCUT2D eigenvalue weighted by Crippen LogP contribution is 2.28. The summed E-state index contributed by atoms with van der Waals surface area (Å²) in [5.41, 5.74) is 6.20. The van der Waals surface area contributed by atoms with Gasteiger partial charge in [-0.3, -0.25) is 0 Å². The number of nitrogens with two attached hydrogens (primary N) is 1. The van der Waals surface area contributed by atoms with E-state index in [1.165, 1.54) is 0 Å². The van der Waals surface area contributed by atoms with Crippen molar-refractivity contribution in [2.75, 3.05) is 36.8 Å². The van der Waals surface area contributed by atoms with Gasteiger partial charge in [0.05, 0.1) is 10.9 Å². The number of fused-ring (bicyclic) bond motifs is 1. The third-order valence-corrected chi connectivity index (χ3v) is 4.30. The summed E-state index contributed by atoms with van der Waals surface area (Å²) in [6, 6.07) is 0. The van der Waals surface area contributed by atoms with Crippen LogP contribution in [-0.2, 0) is 4.74 Å². The van der Waals surface area contributed by atoms with Gasteiger partial charge in [0.2, 0.25) is 5.95 Å². The molecule has 2 N–H and O–H groups in total. The van der Waals surface area contributed by atoms with Crippen LogP contribution in [0.15, 0.2) is 10.8 Å². The van der Waals surface area contributed by atoms with E-state index >= 15 is 0 Å². The standard InChI is InChI=1S/C15H21N5O2S/c1-15(2,3)22-14(21)20-6-4-19(5-7-20)12-10-8-23-9-11(10)17-13(16)18-12/h8-9H,4-7H2,1-3H3,(H2,16,17). The smallest absolute Gasteiger partial charge is 0.410 e. The zero-order chi connectivity index (χ0) is 16.6. The minimum Gasteiger partial charge on any atom is -0.444 e. The van der Waals surface area contributed by atoms with E-state index in [9.17, 15) is 4.79 Å². The number of hydrogen-bond donors (Lipinski definition) is 1. The lowest BCUT2D eigenvalue weighted by molar-refractivity contribution is 0.0240. The van der Waals surface area contributed by atoms with Gasteiger partial charge in [-0.25, -0.2) is 9.78 Å². The Kier molecular flexibility index (Phi) is 4.01. The molecule has 0 aromatic carbocycles. The number of thiophene rings is 1. The highest BCUT2D eigenvalue weighted by Gasteiger charge is 2.27. The molecule has 1 saturated heterocycles. The maximum atomic E-state index is 12.1. The van der Waals surface area contributed by atoms with E-state index in [4.69, 9.17) is 10.5 Å². The number of anilines is 2. The first-order chi connectivity index (χ1) is 10.8. The third-order valence-electron chi connectivity index (χ3n) is 3.57. The molecule has 124 valence electrons. The van der Waals surface area contributed by atoms with Crippen molar-refractivity contribution in [2.24, 2.45) is 0 Å². The molecule has 0 bridgehead atoms. The number of aromatic nitrogens is 2. The summed E-state index contributed by atoms with van der Waals surface area (Å²) in [6.07, 6.45) is -0.264. The van der Waals surface area contributed by atoms with Crippen LogP contribution in [0.4, 0.5) is 16.6 Å². The van der Waals surface area contributed by atoms with E-state index in [1.54, 1.807) is 16.2 Å². The molecular formula is C15H21N5O2S. The van der Waals surface area contributed by atoms with Crippen LogP contribution in [0, 0.1) is 0 Å². The number of rotatable bonds is 1. The maximum absolute atomic E-state index is 12.1. The fraction of sp³-hybridized carbons (Fsp3) is 0.533. The van der Waals surface area contributed by atoms with Crippen molar-refractivity contribution in [1.29, 1.82) is 0 Å². The zero-order valence-electron chi connectivity index (χ0n) is 13.6. The fourth-order valence-corrected chi connectivity index (χ4v) is 3.27. The summed E-state index contributed by atoms with van der Waals surface area (Å²) in [5.74, 6) is 1.12. The maximum Gasteiger partial charge on any atom is 0.410 e. The largest absolute Gasteiger partial charge is 0.444 e. The molecule has 8 heteroatoms. The van der Waals surface area contributed by atoms with Crippen LogP contribution in [0.2, 0.25) is 0 Å². The number of carbonyl (C=O) groups is 1. The monoisotopic (exact) mass is 335 g/mol. The minimum atomic E-state index is -0.474. The van der Waals surface area contributed by atoms with Crippen molar-refractivity contribution < 1.29 is 9.53 Å². The van der Waals surface area contributed by atoms with Gasteiger partial charge in [0.1, 0.15) is 11.4 Å². The highest BCUT2D eigenvalue weighted by atomic mass is 32.1. The molecule has 0 atom stereocenters. The molecule has 0 unspecified atom stereocenters. The molecule has 0 aliphatic carbocycles. The Bertz CT molecular complexity index is 716. The first-order valence-corrected chi connectivity index (χ1v) is 8.50. The predicted octanol–water partition coefficient (Wildman–Crippen LogP) is 2.33. The van der Waals surface area contributed by atoms with Crippen molar-refractivity contribution >= 4 is 40.1 Å². The van der Waals surface area contributed by atoms with E-state index in [-0.39, 0.29) is 12.0 Å². The Morgan fingerprint density at radius 1 is 1.22 bits per heavy atom. The summed E-state index contributed by atoms with van der Waals surface area (Å²) in [5, 5.41) is 5.01. The van der Waals surface area contributed by atoms with Crippen molar-refractivity contribution in [3.05, 3.63) is 10.8 Å². The summed E-state index contributed by atoms with van der Waals surface area (Å²) in [4.78, 5) is 24.6. The van der Waals surface area contributed by atoms with Crippen molar-refractivity contribution in [3.63, 3.8) is 0 Å². The predicted molar refractivity (Wildman–Crippen MR) is 91.8 cm³/mol. The topological polar surface area (TPSA) is 84.6 Å². The average Bonchev–Trinajstić information content (AvgIpc) is 2.93. The van der Waals surface area contributed by atoms with E-state index < -0.39 is 5.60 Å². The van der Waals surface area contributed by atoms with Crippen LogP contribution < -0.4 is 10.6 Å². The number of carbonyl (C=O) groups excluding carboxylic acids is 1. The fourth-order valence-electron chi connectivity index (χ4n) is 2.53. The van der Waals surface area contributed by atoms with Crippen LogP contribution in [0.3, 0.4) is 0 Å². The van der Waals surface area contributed by atoms with Gasteiger partial charge >= 0.3 is 6.09 Å². The van der Waals surface area contributed by atoms with Crippen molar-refractivity contribution in [2.45, 2.75) is 26.4 Å². The van der Waals surface area contributed by atoms with Crippen LogP contribution >= 0.6 is 11.3 Å². The molecule has 1 fully saturated rings. The average molecular weight is 335 g/mol. The summed E-state index contributed by atoms with van der Waals surface area (Å²) < 4.78 is 5.42. The molecule has 1 aliphatic heterocycles. The number of amides is 1. The number of piperazine rings is 1. The number of nitrogen functional groups attached to an aromatic ring is 1. The van der Waals surface area contributed by atoms with Gasteiger partial charge in [0, 0.05) is 36.9 Å². The second kappa shape index (κ2) is 5.84. The summed E-state index contributed by atoms with van der Waals surface area (Å²) in [7, 11) is 0. The van der Waals surface area contributed by atoms with Gasteiger partial charge in [-0.15, -0.1) is 11.3 Å². The zero-order valence-corrected chi connectivity index (χ0v) is 14.4. The van der Waals surface area contributed by atoms with Crippen LogP contribution in [0.25, 0.3) is 10.9 Å². The Morgan fingerprint density at radius 3 is 2.57 bits per heavy atom. The first kappa shape index (κ1) is 15.8. The molecule has 23 heavy (non-hydrogen) atoms. The van der Waals surface area contributed by atoms with Crippen molar-refractivity contribution in [1.82, 2.24) is 14.9 Å². The second-order valence-electron chi connectivity index (χ2n) is 6.53. The Hall–Kier alpha value is -2.09. The Morgan fingerprint density at radius 2 is 1.91 bits per heavy atom. The molecule has 0 spiro atoms. The Labute approximate surface area is 139 Å². The molecular weight excluding hydrogens is 314 g/mol. The van der Waals surface area contributed by atoms with Gasteiger partial charge in [0.25, 0.3) is 0 Å². The van der Waals surface area contributed by atoms with Gasteiger partial charge in [-0.2, -0.15) is 4.98 Å². The molecule has 7 nitrogen and oxygen atoms in total. The quantitative estimate of drug-likeness (QED) is 0.861. The Balaban J connectivity index is 1.71. The van der Waals surface area contributed by atoms with E-state index in [0.717, 1.165) is 16.7 Å². The molecule has 0 radical (unpaired) electrons. The number of ether oxygens (including phenoxy) is 1. The molecule has 3 rings (SSSR count). The highest BCUT2D eigenvalue weighted by molar-refractivity contribution is 7.09. The van der Waals surface area contributed by atoms with Gasteiger partial charge in [0.15, 0.2) is 0 Å². The third kappa shape index (κ3) is 3.47. The molecule has 0 saturated carbocycles. The lowest BCUT2D eigenvalue weighted by Crippen LogP contribution is -2.50. The first-order valence-electron chi connectivity index (χ1n) is 7.56. The molecule has 3 heterocycles. The van der Waals surface area contributed by atoms with Crippen LogP contribution in [0.5, 0.6) is 0 Å². The lowest BCUT2D eigenvalue weighted by atomic mass is 10.2. The van der Waals surface area contributed by atoms with Crippen LogP contribution in [0.1, 0.15) is 20.8 Å². The SMILES string of the molecule is CC(C)(C)OC(=O)N1CCN(c2nc(N)nc3cscc23)CC1. The van der Waals surface area contributed by atoms with Gasteiger partial charge in [-0.1, -0.05) is 0 Å². The molecule has 2 aromatic heterocycles.